The van der Waals surface area contributed by atoms with Crippen molar-refractivity contribution in [3.8, 4) is 0 Å². The van der Waals surface area contributed by atoms with Crippen LogP contribution in [0.4, 0.5) is 5.82 Å². The monoisotopic (exact) mass is 212 g/mol. The van der Waals surface area contributed by atoms with Gasteiger partial charge in [0.15, 0.2) is 0 Å². The number of fused-ring (bicyclic) bond motifs is 1. The van der Waals surface area contributed by atoms with Gasteiger partial charge in [-0.3, -0.25) is 9.59 Å². The number of nitrogens with one attached hydrogen (secondary N) is 1. The number of hydrogen-bond donors (Lipinski definition) is 1. The van der Waals surface area contributed by atoms with Crippen LogP contribution in [0.3, 0.4) is 0 Å². The van der Waals surface area contributed by atoms with Crippen LogP contribution in [0, 0.1) is 0 Å². The van der Waals surface area contributed by atoms with Gasteiger partial charge in [0.1, 0.15) is 5.82 Å². The SMILES string of the molecule is O=C1c2ccccc2C(=O)N1c1ccc[nH]1. The number of carbonyl (C=O) groups excluding carboxylic acids is 2. The van der Waals surface area contributed by atoms with Crippen LogP contribution in [0.5, 0.6) is 0 Å². The summed E-state index contributed by atoms with van der Waals surface area (Å²) in [5, 5.41) is 0. The van der Waals surface area contributed by atoms with Crippen LogP contribution in [-0.2, 0) is 0 Å². The second-order valence-electron chi connectivity index (χ2n) is 3.55. The molecule has 3 rings (SSSR count). The Bertz CT molecular complexity index is 537. The molecular formula is C12H8N2O2. The number of benzene rings is 1. The predicted molar refractivity (Wildman–Crippen MR) is 58.4 cm³/mol. The normalized spacial score (nSPS) is 14.4. The summed E-state index contributed by atoms with van der Waals surface area (Å²) in [7, 11) is 0. The zero-order chi connectivity index (χ0) is 11.1. The first-order valence-electron chi connectivity index (χ1n) is 4.90. The molecular weight excluding hydrogens is 204 g/mol. The number of aromatic amines is 1. The minimum atomic E-state index is -0.275. The molecule has 16 heavy (non-hydrogen) atoms. The van der Waals surface area contributed by atoms with Gasteiger partial charge in [-0.05, 0) is 24.3 Å². The number of H-pyrrole nitrogens is 1. The van der Waals surface area contributed by atoms with Crippen molar-refractivity contribution < 1.29 is 9.59 Å². The molecule has 4 heteroatoms. The van der Waals surface area contributed by atoms with Gasteiger partial charge in [-0.25, -0.2) is 4.90 Å². The Labute approximate surface area is 91.5 Å². The topological polar surface area (TPSA) is 53.2 Å². The van der Waals surface area contributed by atoms with E-state index in [0.717, 1.165) is 4.90 Å². The first-order valence-corrected chi connectivity index (χ1v) is 4.90. The summed E-state index contributed by atoms with van der Waals surface area (Å²) >= 11 is 0. The van der Waals surface area contributed by atoms with Crippen LogP contribution in [0.15, 0.2) is 42.6 Å². The van der Waals surface area contributed by atoms with Crippen LogP contribution in [0.1, 0.15) is 20.7 Å². The Kier molecular flexibility index (Phi) is 1.71. The number of imide groups is 1. The van der Waals surface area contributed by atoms with E-state index in [1.165, 1.54) is 0 Å². The van der Waals surface area contributed by atoms with Crippen LogP contribution >= 0.6 is 0 Å². The molecule has 1 aromatic heterocycles. The molecule has 2 amide bonds. The molecule has 4 nitrogen and oxygen atoms in total. The Morgan fingerprint density at radius 1 is 0.875 bits per heavy atom. The zero-order valence-corrected chi connectivity index (χ0v) is 8.31. The molecule has 0 spiro atoms. The fourth-order valence-corrected chi connectivity index (χ4v) is 1.87. The fourth-order valence-electron chi connectivity index (χ4n) is 1.87. The van der Waals surface area contributed by atoms with E-state index in [2.05, 4.69) is 4.98 Å². The Morgan fingerprint density at radius 3 is 2.00 bits per heavy atom. The van der Waals surface area contributed by atoms with E-state index >= 15 is 0 Å². The molecule has 0 saturated carbocycles. The van der Waals surface area contributed by atoms with Gasteiger partial charge in [0.05, 0.1) is 11.1 Å². The highest BCUT2D eigenvalue weighted by Crippen LogP contribution is 2.26. The van der Waals surface area contributed by atoms with Crippen molar-refractivity contribution in [2.24, 2.45) is 0 Å². The average molecular weight is 212 g/mol. The summed E-state index contributed by atoms with van der Waals surface area (Å²) in [6.07, 6.45) is 1.68. The van der Waals surface area contributed by atoms with E-state index in [9.17, 15) is 9.59 Å². The second kappa shape index (κ2) is 3.06. The van der Waals surface area contributed by atoms with Crippen molar-refractivity contribution in [1.82, 2.24) is 4.98 Å². The highest BCUT2D eigenvalue weighted by atomic mass is 16.2. The van der Waals surface area contributed by atoms with E-state index in [1.807, 2.05) is 0 Å². The van der Waals surface area contributed by atoms with Crippen molar-refractivity contribution >= 4 is 17.6 Å². The molecule has 1 aliphatic heterocycles. The van der Waals surface area contributed by atoms with Gasteiger partial charge in [-0.2, -0.15) is 0 Å². The van der Waals surface area contributed by atoms with Crippen LogP contribution in [0.25, 0.3) is 0 Å². The minimum absolute atomic E-state index is 0.275. The van der Waals surface area contributed by atoms with Gasteiger partial charge >= 0.3 is 0 Å². The van der Waals surface area contributed by atoms with E-state index in [-0.39, 0.29) is 11.8 Å². The molecule has 2 heterocycles. The van der Waals surface area contributed by atoms with Gasteiger partial charge in [0.25, 0.3) is 11.8 Å². The van der Waals surface area contributed by atoms with E-state index in [0.29, 0.717) is 16.9 Å². The molecule has 1 N–H and O–H groups in total. The third-order valence-corrected chi connectivity index (χ3v) is 2.62. The van der Waals surface area contributed by atoms with Crippen molar-refractivity contribution in [3.05, 3.63) is 53.7 Å². The number of aromatic nitrogens is 1. The summed E-state index contributed by atoms with van der Waals surface area (Å²) < 4.78 is 0. The molecule has 1 aliphatic rings. The molecule has 0 fully saturated rings. The molecule has 0 bridgehead atoms. The molecule has 0 unspecified atom stereocenters. The first kappa shape index (κ1) is 8.91. The lowest BCUT2D eigenvalue weighted by molar-refractivity contribution is 0.0925. The average Bonchev–Trinajstić information content (AvgIpc) is 2.89. The van der Waals surface area contributed by atoms with Crippen molar-refractivity contribution in [2.45, 2.75) is 0 Å². The number of rotatable bonds is 1. The third kappa shape index (κ3) is 1.04. The number of amides is 2. The second-order valence-corrected chi connectivity index (χ2v) is 3.55. The molecule has 2 aromatic rings. The zero-order valence-electron chi connectivity index (χ0n) is 8.31. The summed E-state index contributed by atoms with van der Waals surface area (Å²) in [5.41, 5.74) is 0.921. The lowest BCUT2D eigenvalue weighted by Crippen LogP contribution is -2.29. The predicted octanol–water partition coefficient (Wildman–Crippen LogP) is 1.82. The highest BCUT2D eigenvalue weighted by Gasteiger charge is 2.36. The van der Waals surface area contributed by atoms with E-state index < -0.39 is 0 Å². The maximum absolute atomic E-state index is 12.0. The van der Waals surface area contributed by atoms with Gasteiger partial charge in [-0.15, -0.1) is 0 Å². The number of anilines is 1. The van der Waals surface area contributed by atoms with Gasteiger partial charge in [0, 0.05) is 6.20 Å². The van der Waals surface area contributed by atoms with Gasteiger partial charge in [-0.1, -0.05) is 12.1 Å². The van der Waals surface area contributed by atoms with Crippen LogP contribution in [0.2, 0.25) is 0 Å². The van der Waals surface area contributed by atoms with E-state index in [1.54, 1.807) is 42.6 Å². The highest BCUT2D eigenvalue weighted by molar-refractivity contribution is 6.34. The Morgan fingerprint density at radius 2 is 1.50 bits per heavy atom. The lowest BCUT2D eigenvalue weighted by Gasteiger charge is -2.10. The minimum Gasteiger partial charge on any atom is -0.348 e. The Balaban J connectivity index is 2.15. The maximum Gasteiger partial charge on any atom is 0.267 e. The lowest BCUT2D eigenvalue weighted by atomic mass is 10.1. The van der Waals surface area contributed by atoms with Crippen LogP contribution < -0.4 is 4.90 Å². The standard InChI is InChI=1S/C12H8N2O2/c15-11-8-4-1-2-5-9(8)12(16)14(11)10-6-3-7-13-10/h1-7,13H. The maximum atomic E-state index is 12.0. The molecule has 1 aromatic carbocycles. The van der Waals surface area contributed by atoms with Crippen molar-refractivity contribution in [3.63, 3.8) is 0 Å². The summed E-state index contributed by atoms with van der Waals surface area (Å²) in [6.45, 7) is 0. The quantitative estimate of drug-likeness (QED) is 0.733. The number of hydrogen-bond acceptors (Lipinski definition) is 2. The van der Waals surface area contributed by atoms with Crippen molar-refractivity contribution in [1.29, 1.82) is 0 Å². The Hall–Kier alpha value is -2.36. The molecule has 0 radical (unpaired) electrons. The third-order valence-electron chi connectivity index (χ3n) is 2.62. The van der Waals surface area contributed by atoms with Crippen molar-refractivity contribution in [2.75, 3.05) is 4.90 Å². The fraction of sp³-hybridized carbons (Fsp3) is 0. The number of nitrogens with zero attached hydrogens (tertiary/aromatic N) is 1. The van der Waals surface area contributed by atoms with Gasteiger partial charge in [0.2, 0.25) is 0 Å². The van der Waals surface area contributed by atoms with Gasteiger partial charge < -0.3 is 4.98 Å². The summed E-state index contributed by atoms with van der Waals surface area (Å²) in [4.78, 5) is 28.0. The molecule has 0 saturated heterocycles. The summed E-state index contributed by atoms with van der Waals surface area (Å²) in [6, 6.07) is 10.3. The smallest absolute Gasteiger partial charge is 0.267 e. The summed E-state index contributed by atoms with van der Waals surface area (Å²) in [5.74, 6) is -0.0442. The molecule has 0 atom stereocenters. The molecule has 0 aliphatic carbocycles. The van der Waals surface area contributed by atoms with Crippen LogP contribution in [-0.4, -0.2) is 16.8 Å². The first-order chi connectivity index (χ1) is 7.79. The largest absolute Gasteiger partial charge is 0.348 e. The van der Waals surface area contributed by atoms with E-state index in [4.69, 9.17) is 0 Å². The molecule has 78 valence electrons. The number of carbonyl (C=O) groups is 2.